The summed E-state index contributed by atoms with van der Waals surface area (Å²) < 4.78 is 1.58. The number of carbonyl (C=O) groups excluding carboxylic acids is 1. The molecule has 19 heavy (non-hydrogen) atoms. The Labute approximate surface area is 109 Å². The molecule has 1 aromatic heterocycles. The van der Waals surface area contributed by atoms with Crippen molar-refractivity contribution in [1.29, 1.82) is 0 Å². The summed E-state index contributed by atoms with van der Waals surface area (Å²) in [6.45, 7) is 0. The molecular weight excluding hydrogens is 244 g/mol. The van der Waals surface area contributed by atoms with Crippen molar-refractivity contribution in [2.45, 2.75) is 19.3 Å². The van der Waals surface area contributed by atoms with Gasteiger partial charge in [-0.3, -0.25) is 4.79 Å². The third-order valence-electron chi connectivity index (χ3n) is 3.27. The molecule has 0 atom stereocenters. The van der Waals surface area contributed by atoms with E-state index in [4.69, 9.17) is 5.11 Å². The number of carbonyl (C=O) groups is 2. The number of benzene rings is 1. The number of aromatic nitrogens is 2. The van der Waals surface area contributed by atoms with Gasteiger partial charge in [0.2, 0.25) is 0 Å². The molecule has 0 spiro atoms. The van der Waals surface area contributed by atoms with Gasteiger partial charge in [-0.1, -0.05) is 6.07 Å². The minimum absolute atomic E-state index is 0.113. The Morgan fingerprint density at radius 2 is 2.16 bits per heavy atom. The number of ketones is 1. The Morgan fingerprint density at radius 1 is 1.32 bits per heavy atom. The number of carboxylic acids is 1. The van der Waals surface area contributed by atoms with Crippen LogP contribution in [0.4, 0.5) is 0 Å². The molecule has 96 valence electrons. The number of Topliss-reactive ketones (excluding diaryl/α,β-unsaturated/α-hetero) is 1. The maximum atomic E-state index is 11.8. The molecular formula is C14H12N2O3. The lowest BCUT2D eigenvalue weighted by Crippen LogP contribution is -2.08. The van der Waals surface area contributed by atoms with Gasteiger partial charge in [0.05, 0.1) is 22.5 Å². The summed E-state index contributed by atoms with van der Waals surface area (Å²) >= 11 is 0. The molecule has 0 bridgehead atoms. The average molecular weight is 256 g/mol. The van der Waals surface area contributed by atoms with Crippen LogP contribution in [0.15, 0.2) is 30.5 Å². The van der Waals surface area contributed by atoms with Crippen molar-refractivity contribution in [2.75, 3.05) is 0 Å². The summed E-state index contributed by atoms with van der Waals surface area (Å²) in [5.41, 5.74) is 2.32. The topological polar surface area (TPSA) is 72.2 Å². The number of hydrogen-bond donors (Lipinski definition) is 1. The second-order valence-electron chi connectivity index (χ2n) is 4.57. The van der Waals surface area contributed by atoms with Crippen molar-refractivity contribution < 1.29 is 14.7 Å². The van der Waals surface area contributed by atoms with Crippen molar-refractivity contribution in [2.24, 2.45) is 0 Å². The molecule has 0 amide bonds. The molecule has 5 heteroatoms. The van der Waals surface area contributed by atoms with Gasteiger partial charge in [0.25, 0.3) is 0 Å². The first-order valence-electron chi connectivity index (χ1n) is 6.10. The summed E-state index contributed by atoms with van der Waals surface area (Å²) in [4.78, 5) is 22.7. The highest BCUT2D eigenvalue weighted by Crippen LogP contribution is 2.21. The maximum absolute atomic E-state index is 11.8. The lowest BCUT2D eigenvalue weighted by Gasteiger charge is -2.06. The molecule has 0 fully saturated rings. The zero-order chi connectivity index (χ0) is 13.4. The summed E-state index contributed by atoms with van der Waals surface area (Å²) in [7, 11) is 0. The highest BCUT2D eigenvalue weighted by molar-refractivity contribution is 5.98. The van der Waals surface area contributed by atoms with E-state index in [2.05, 4.69) is 5.10 Å². The SMILES string of the molecule is O=C(O)c1cccc(-n2cc3c(n2)CCCC3=O)c1. The van der Waals surface area contributed by atoms with E-state index in [0.29, 0.717) is 17.7 Å². The van der Waals surface area contributed by atoms with Gasteiger partial charge < -0.3 is 5.11 Å². The Bertz CT molecular complexity index is 673. The molecule has 0 saturated heterocycles. The van der Waals surface area contributed by atoms with Gasteiger partial charge in [-0.05, 0) is 31.0 Å². The highest BCUT2D eigenvalue weighted by Gasteiger charge is 2.21. The van der Waals surface area contributed by atoms with E-state index < -0.39 is 5.97 Å². The summed E-state index contributed by atoms with van der Waals surface area (Å²) in [6, 6.07) is 6.52. The first-order valence-corrected chi connectivity index (χ1v) is 6.10. The molecule has 0 saturated carbocycles. The third-order valence-corrected chi connectivity index (χ3v) is 3.27. The van der Waals surface area contributed by atoms with Crippen molar-refractivity contribution in [3.63, 3.8) is 0 Å². The first kappa shape index (κ1) is 11.6. The van der Waals surface area contributed by atoms with Gasteiger partial charge in [0.15, 0.2) is 5.78 Å². The third kappa shape index (κ3) is 2.03. The molecule has 0 radical (unpaired) electrons. The predicted octanol–water partition coefficient (Wildman–Crippen LogP) is 2.09. The highest BCUT2D eigenvalue weighted by atomic mass is 16.4. The Hall–Kier alpha value is -2.43. The molecule has 1 heterocycles. The monoisotopic (exact) mass is 256 g/mol. The zero-order valence-electron chi connectivity index (χ0n) is 10.2. The van der Waals surface area contributed by atoms with E-state index in [0.717, 1.165) is 18.5 Å². The number of carboxylic acid groups (broad SMARTS) is 1. The van der Waals surface area contributed by atoms with Crippen LogP contribution in [-0.4, -0.2) is 26.6 Å². The van der Waals surface area contributed by atoms with Crippen LogP contribution in [0.2, 0.25) is 0 Å². The fraction of sp³-hybridized carbons (Fsp3) is 0.214. The summed E-state index contributed by atoms with van der Waals surface area (Å²) in [5, 5.41) is 13.4. The molecule has 1 aliphatic carbocycles. The van der Waals surface area contributed by atoms with E-state index in [1.807, 2.05) is 0 Å². The lowest BCUT2D eigenvalue weighted by atomic mass is 9.97. The van der Waals surface area contributed by atoms with E-state index in [-0.39, 0.29) is 11.3 Å². The van der Waals surface area contributed by atoms with Crippen molar-refractivity contribution in [3.05, 3.63) is 47.3 Å². The van der Waals surface area contributed by atoms with E-state index in [9.17, 15) is 9.59 Å². The number of aromatic carboxylic acids is 1. The number of fused-ring (bicyclic) bond motifs is 1. The molecule has 1 aliphatic rings. The summed E-state index contributed by atoms with van der Waals surface area (Å²) in [6.07, 6.45) is 3.89. The van der Waals surface area contributed by atoms with Crippen LogP contribution in [0, 0.1) is 0 Å². The number of aryl methyl sites for hydroxylation is 1. The molecule has 3 rings (SSSR count). The van der Waals surface area contributed by atoms with Crippen LogP contribution in [0.5, 0.6) is 0 Å². The number of hydrogen-bond acceptors (Lipinski definition) is 3. The number of rotatable bonds is 2. The van der Waals surface area contributed by atoms with Crippen LogP contribution < -0.4 is 0 Å². The number of nitrogens with zero attached hydrogens (tertiary/aromatic N) is 2. The van der Waals surface area contributed by atoms with Gasteiger partial charge in [-0.25, -0.2) is 9.48 Å². The zero-order valence-corrected chi connectivity index (χ0v) is 10.2. The van der Waals surface area contributed by atoms with Crippen LogP contribution in [-0.2, 0) is 6.42 Å². The Kier molecular flexibility index (Phi) is 2.67. The van der Waals surface area contributed by atoms with Crippen molar-refractivity contribution >= 4 is 11.8 Å². The minimum atomic E-state index is -0.977. The van der Waals surface area contributed by atoms with Crippen LogP contribution in [0.25, 0.3) is 5.69 Å². The van der Waals surface area contributed by atoms with E-state index >= 15 is 0 Å². The van der Waals surface area contributed by atoms with Crippen LogP contribution in [0.1, 0.15) is 39.3 Å². The fourth-order valence-corrected chi connectivity index (χ4v) is 2.29. The molecule has 5 nitrogen and oxygen atoms in total. The van der Waals surface area contributed by atoms with E-state index in [1.165, 1.54) is 6.07 Å². The fourth-order valence-electron chi connectivity index (χ4n) is 2.29. The van der Waals surface area contributed by atoms with Crippen molar-refractivity contribution in [1.82, 2.24) is 9.78 Å². The molecule has 1 aromatic carbocycles. The lowest BCUT2D eigenvalue weighted by molar-refractivity contribution is 0.0696. The minimum Gasteiger partial charge on any atom is -0.478 e. The van der Waals surface area contributed by atoms with Gasteiger partial charge in [0.1, 0.15) is 0 Å². The molecule has 0 unspecified atom stereocenters. The van der Waals surface area contributed by atoms with Gasteiger partial charge in [0, 0.05) is 12.6 Å². The van der Waals surface area contributed by atoms with Crippen LogP contribution in [0.3, 0.4) is 0 Å². The second-order valence-corrected chi connectivity index (χ2v) is 4.57. The molecule has 0 aliphatic heterocycles. The van der Waals surface area contributed by atoms with Gasteiger partial charge in [-0.2, -0.15) is 5.10 Å². The predicted molar refractivity (Wildman–Crippen MR) is 67.8 cm³/mol. The first-order chi connectivity index (χ1) is 9.15. The largest absolute Gasteiger partial charge is 0.478 e. The Balaban J connectivity index is 2.05. The van der Waals surface area contributed by atoms with Crippen molar-refractivity contribution in [3.8, 4) is 5.69 Å². The van der Waals surface area contributed by atoms with Crippen LogP contribution >= 0.6 is 0 Å². The average Bonchev–Trinajstić information content (AvgIpc) is 2.84. The standard InChI is InChI=1S/C14H12N2O3/c17-13-6-2-5-12-11(13)8-16(15-12)10-4-1-3-9(7-10)14(18)19/h1,3-4,7-8H,2,5-6H2,(H,18,19). The molecule has 1 N–H and O–H groups in total. The van der Waals surface area contributed by atoms with Gasteiger partial charge in [-0.15, -0.1) is 0 Å². The second kappa shape index (κ2) is 4.35. The molecule has 2 aromatic rings. The maximum Gasteiger partial charge on any atom is 0.335 e. The van der Waals surface area contributed by atoms with E-state index in [1.54, 1.807) is 29.1 Å². The smallest absolute Gasteiger partial charge is 0.335 e. The quantitative estimate of drug-likeness (QED) is 0.893. The normalized spacial score (nSPS) is 14.2. The van der Waals surface area contributed by atoms with Gasteiger partial charge >= 0.3 is 5.97 Å². The Morgan fingerprint density at radius 3 is 2.89 bits per heavy atom. The summed E-state index contributed by atoms with van der Waals surface area (Å²) in [5.74, 6) is -0.864.